The van der Waals surface area contributed by atoms with Crippen LogP contribution in [0.2, 0.25) is 5.02 Å². The van der Waals surface area contributed by atoms with E-state index in [4.69, 9.17) is 23.1 Å². The molecule has 5 N–H and O–H groups in total. The second-order valence-electron chi connectivity index (χ2n) is 4.69. The molecule has 0 bridgehead atoms. The topological polar surface area (TPSA) is 115 Å². The predicted octanol–water partition coefficient (Wildman–Crippen LogP) is 2.07. The van der Waals surface area contributed by atoms with Gasteiger partial charge in [0.25, 0.3) is 11.8 Å². The first-order chi connectivity index (χ1) is 11.2. The van der Waals surface area contributed by atoms with Crippen molar-refractivity contribution in [3.63, 3.8) is 0 Å². The van der Waals surface area contributed by atoms with Gasteiger partial charge in [0.2, 0.25) is 5.91 Å². The van der Waals surface area contributed by atoms with Crippen LogP contribution in [0, 0.1) is 11.6 Å². The number of carbonyl (C=O) groups excluding carboxylic acids is 3. The Labute approximate surface area is 139 Å². The van der Waals surface area contributed by atoms with Gasteiger partial charge < -0.3 is 16.8 Å². The van der Waals surface area contributed by atoms with E-state index in [2.05, 4.69) is 5.32 Å². The van der Waals surface area contributed by atoms with Crippen molar-refractivity contribution in [2.75, 3.05) is 5.32 Å². The molecule has 3 amide bonds. The Morgan fingerprint density at radius 1 is 0.958 bits per heavy atom. The molecule has 0 aliphatic carbocycles. The van der Waals surface area contributed by atoms with Crippen LogP contribution in [0.4, 0.5) is 14.5 Å². The number of rotatable bonds is 4. The fraction of sp³-hybridized carbons (Fsp3) is 0. The van der Waals surface area contributed by atoms with E-state index in [1.807, 2.05) is 0 Å². The zero-order valence-electron chi connectivity index (χ0n) is 11.9. The summed E-state index contributed by atoms with van der Waals surface area (Å²) in [5.41, 5.74) is 8.56. The molecule has 2 aromatic rings. The van der Waals surface area contributed by atoms with Crippen molar-refractivity contribution in [2.24, 2.45) is 11.5 Å². The molecule has 0 spiro atoms. The van der Waals surface area contributed by atoms with E-state index in [1.165, 1.54) is 0 Å². The van der Waals surface area contributed by atoms with Gasteiger partial charge in [0.05, 0.1) is 16.8 Å². The summed E-state index contributed by atoms with van der Waals surface area (Å²) >= 11 is 5.68. The van der Waals surface area contributed by atoms with Gasteiger partial charge in [-0.1, -0.05) is 11.6 Å². The number of halogens is 3. The molecule has 0 aliphatic heterocycles. The van der Waals surface area contributed by atoms with E-state index in [9.17, 15) is 23.2 Å². The molecule has 24 heavy (non-hydrogen) atoms. The molecular formula is C15H10ClF2N3O3. The lowest BCUT2D eigenvalue weighted by atomic mass is 10.1. The molecule has 0 fully saturated rings. The maximum absolute atomic E-state index is 13.8. The van der Waals surface area contributed by atoms with E-state index < -0.39 is 40.5 Å². The molecule has 124 valence electrons. The molecule has 0 saturated heterocycles. The summed E-state index contributed by atoms with van der Waals surface area (Å²) in [6, 6.07) is 4.83. The van der Waals surface area contributed by atoms with Gasteiger partial charge in [-0.3, -0.25) is 14.4 Å². The number of amides is 3. The maximum atomic E-state index is 13.8. The highest BCUT2D eigenvalue weighted by atomic mass is 35.5. The first-order valence-corrected chi connectivity index (χ1v) is 6.78. The van der Waals surface area contributed by atoms with E-state index in [0.717, 1.165) is 30.3 Å². The Bertz CT molecular complexity index is 871. The number of carbonyl (C=O) groups is 3. The Hall–Kier alpha value is -3.00. The van der Waals surface area contributed by atoms with Gasteiger partial charge in [-0.25, -0.2) is 8.78 Å². The van der Waals surface area contributed by atoms with Crippen LogP contribution in [0.1, 0.15) is 31.1 Å². The zero-order chi connectivity index (χ0) is 18.0. The van der Waals surface area contributed by atoms with Crippen molar-refractivity contribution in [1.82, 2.24) is 0 Å². The van der Waals surface area contributed by atoms with Gasteiger partial charge >= 0.3 is 0 Å². The average Bonchev–Trinajstić information content (AvgIpc) is 2.45. The predicted molar refractivity (Wildman–Crippen MR) is 82.8 cm³/mol. The molecule has 2 rings (SSSR count). The summed E-state index contributed by atoms with van der Waals surface area (Å²) in [5, 5.41) is 2.03. The molecule has 0 saturated carbocycles. The van der Waals surface area contributed by atoms with Crippen molar-refractivity contribution in [1.29, 1.82) is 0 Å². The molecule has 0 aliphatic rings. The highest BCUT2D eigenvalue weighted by Crippen LogP contribution is 2.25. The number of nitrogens with one attached hydrogen (secondary N) is 1. The second-order valence-corrected chi connectivity index (χ2v) is 5.12. The van der Waals surface area contributed by atoms with Crippen LogP contribution in [-0.4, -0.2) is 17.7 Å². The summed E-state index contributed by atoms with van der Waals surface area (Å²) in [5.74, 6) is -5.04. The van der Waals surface area contributed by atoms with Gasteiger partial charge in [-0.15, -0.1) is 0 Å². The lowest BCUT2D eigenvalue weighted by molar-refractivity contribution is 0.0990. The van der Waals surface area contributed by atoms with E-state index in [-0.39, 0.29) is 16.3 Å². The summed E-state index contributed by atoms with van der Waals surface area (Å²) in [6.07, 6.45) is 0. The Morgan fingerprint density at radius 3 is 2.21 bits per heavy atom. The Balaban J connectivity index is 2.46. The number of benzene rings is 2. The van der Waals surface area contributed by atoms with Crippen LogP contribution in [0.15, 0.2) is 30.3 Å². The molecule has 2 aromatic carbocycles. The van der Waals surface area contributed by atoms with Crippen molar-refractivity contribution < 1.29 is 23.2 Å². The number of primary amides is 2. The zero-order valence-corrected chi connectivity index (χ0v) is 12.7. The largest absolute Gasteiger partial charge is 0.366 e. The highest BCUT2D eigenvalue weighted by molar-refractivity contribution is 6.31. The van der Waals surface area contributed by atoms with E-state index in [1.54, 1.807) is 0 Å². The monoisotopic (exact) mass is 353 g/mol. The maximum Gasteiger partial charge on any atom is 0.258 e. The summed E-state index contributed by atoms with van der Waals surface area (Å²) in [6.45, 7) is 0. The van der Waals surface area contributed by atoms with E-state index in [0.29, 0.717) is 0 Å². The number of hydrogen-bond donors (Lipinski definition) is 3. The number of hydrogen-bond acceptors (Lipinski definition) is 3. The molecule has 0 heterocycles. The number of nitrogens with two attached hydrogens (primary N) is 2. The molecule has 0 radical (unpaired) electrons. The smallest absolute Gasteiger partial charge is 0.258 e. The van der Waals surface area contributed by atoms with Crippen molar-refractivity contribution >= 4 is 35.0 Å². The first kappa shape index (κ1) is 17.4. The molecule has 0 atom stereocenters. The number of anilines is 1. The van der Waals surface area contributed by atoms with Crippen LogP contribution < -0.4 is 16.8 Å². The quantitative estimate of drug-likeness (QED) is 0.781. The normalized spacial score (nSPS) is 10.3. The third kappa shape index (κ3) is 3.49. The summed E-state index contributed by atoms with van der Waals surface area (Å²) in [7, 11) is 0. The standard InChI is InChI=1S/C15H10ClF2N3O3/c16-7-4-10(18)12(14(20)23)11(5-7)21-15(24)8-3-6(13(19)22)1-2-9(8)17/h1-5H,(H2,19,22)(H2,20,23)(H,21,24). The van der Waals surface area contributed by atoms with Gasteiger partial charge in [0, 0.05) is 10.6 Å². The van der Waals surface area contributed by atoms with Crippen molar-refractivity contribution in [3.05, 3.63) is 63.7 Å². The lowest BCUT2D eigenvalue weighted by Gasteiger charge is -2.11. The molecular weight excluding hydrogens is 344 g/mol. The van der Waals surface area contributed by atoms with Crippen LogP contribution in [-0.2, 0) is 0 Å². The third-order valence-corrected chi connectivity index (χ3v) is 3.26. The van der Waals surface area contributed by atoms with Gasteiger partial charge in [0.1, 0.15) is 11.6 Å². The van der Waals surface area contributed by atoms with Crippen LogP contribution in [0.5, 0.6) is 0 Å². The van der Waals surface area contributed by atoms with Crippen molar-refractivity contribution in [2.45, 2.75) is 0 Å². The van der Waals surface area contributed by atoms with Crippen LogP contribution >= 0.6 is 11.6 Å². The molecule has 9 heteroatoms. The van der Waals surface area contributed by atoms with E-state index >= 15 is 0 Å². The fourth-order valence-electron chi connectivity index (χ4n) is 1.96. The third-order valence-electron chi connectivity index (χ3n) is 3.05. The van der Waals surface area contributed by atoms with Gasteiger partial charge in [0.15, 0.2) is 0 Å². The minimum absolute atomic E-state index is 0.103. The first-order valence-electron chi connectivity index (χ1n) is 6.40. The fourth-order valence-corrected chi connectivity index (χ4v) is 2.17. The Morgan fingerprint density at radius 2 is 1.62 bits per heavy atom. The molecule has 0 unspecified atom stereocenters. The summed E-state index contributed by atoms with van der Waals surface area (Å²) < 4.78 is 27.6. The minimum Gasteiger partial charge on any atom is -0.366 e. The molecule has 0 aromatic heterocycles. The average molecular weight is 354 g/mol. The second kappa shape index (κ2) is 6.63. The van der Waals surface area contributed by atoms with Gasteiger partial charge in [-0.05, 0) is 30.3 Å². The summed E-state index contributed by atoms with van der Waals surface area (Å²) in [4.78, 5) is 34.6. The van der Waals surface area contributed by atoms with Crippen LogP contribution in [0.25, 0.3) is 0 Å². The minimum atomic E-state index is -1.15. The van der Waals surface area contributed by atoms with Crippen LogP contribution in [0.3, 0.4) is 0 Å². The highest BCUT2D eigenvalue weighted by Gasteiger charge is 2.20. The molecule has 6 nitrogen and oxygen atoms in total. The SMILES string of the molecule is NC(=O)c1ccc(F)c(C(=O)Nc2cc(Cl)cc(F)c2C(N)=O)c1. The van der Waals surface area contributed by atoms with Gasteiger partial charge in [-0.2, -0.15) is 0 Å². The lowest BCUT2D eigenvalue weighted by Crippen LogP contribution is -2.21. The van der Waals surface area contributed by atoms with Crippen molar-refractivity contribution in [3.8, 4) is 0 Å². The Kier molecular flexibility index (Phi) is 4.79.